The van der Waals surface area contributed by atoms with Gasteiger partial charge < -0.3 is 15.6 Å². The van der Waals surface area contributed by atoms with Gasteiger partial charge >= 0.3 is 6.61 Å². The van der Waals surface area contributed by atoms with Crippen LogP contribution in [0.2, 0.25) is 0 Å². The molecular weight excluding hydrogens is 252 g/mol. The van der Waals surface area contributed by atoms with E-state index in [4.69, 9.17) is 5.73 Å². The van der Waals surface area contributed by atoms with Crippen molar-refractivity contribution in [2.45, 2.75) is 50.9 Å². The Kier molecular flexibility index (Phi) is 4.06. The third-order valence-corrected chi connectivity index (χ3v) is 3.83. The lowest BCUT2D eigenvalue weighted by molar-refractivity contribution is -0.0504. The highest BCUT2D eigenvalue weighted by Gasteiger charge is 2.33. The van der Waals surface area contributed by atoms with E-state index >= 15 is 0 Å². The van der Waals surface area contributed by atoms with E-state index in [0.29, 0.717) is 31.2 Å². The highest BCUT2D eigenvalue weighted by atomic mass is 19.3. The minimum Gasteiger partial charge on any atom is -0.435 e. The number of nitrogens with two attached hydrogens (primary N) is 1. The Hall–Kier alpha value is -1.20. The second-order valence-electron chi connectivity index (χ2n) is 5.25. The topological polar surface area (TPSA) is 55.5 Å². The van der Waals surface area contributed by atoms with Crippen molar-refractivity contribution in [3.05, 3.63) is 29.3 Å². The van der Waals surface area contributed by atoms with E-state index < -0.39 is 12.2 Å². The van der Waals surface area contributed by atoms with Crippen LogP contribution in [-0.2, 0) is 5.54 Å². The van der Waals surface area contributed by atoms with Gasteiger partial charge in [0.2, 0.25) is 0 Å². The van der Waals surface area contributed by atoms with Gasteiger partial charge in [-0.2, -0.15) is 8.78 Å². The van der Waals surface area contributed by atoms with Crippen molar-refractivity contribution in [1.29, 1.82) is 0 Å². The lowest BCUT2D eigenvalue weighted by Gasteiger charge is -2.36. The van der Waals surface area contributed by atoms with Crippen molar-refractivity contribution in [2.24, 2.45) is 5.73 Å². The van der Waals surface area contributed by atoms with Gasteiger partial charge in [0, 0.05) is 5.54 Å². The Morgan fingerprint density at radius 3 is 2.58 bits per heavy atom. The zero-order valence-electron chi connectivity index (χ0n) is 10.9. The number of ether oxygens (including phenoxy) is 1. The normalized spacial score (nSPS) is 27.6. The summed E-state index contributed by atoms with van der Waals surface area (Å²) in [5, 5.41) is 9.53. The predicted octanol–water partition coefficient (Wildman–Crippen LogP) is 2.69. The molecule has 0 amide bonds. The Labute approximate surface area is 111 Å². The van der Waals surface area contributed by atoms with E-state index in [2.05, 4.69) is 4.74 Å². The summed E-state index contributed by atoms with van der Waals surface area (Å²) in [5.41, 5.74) is 7.22. The maximum atomic E-state index is 12.3. The van der Waals surface area contributed by atoms with Gasteiger partial charge in [0.15, 0.2) is 0 Å². The molecule has 1 fully saturated rings. The highest BCUT2D eigenvalue weighted by Crippen LogP contribution is 2.37. The lowest BCUT2D eigenvalue weighted by Crippen LogP contribution is -2.41. The fourth-order valence-corrected chi connectivity index (χ4v) is 2.54. The van der Waals surface area contributed by atoms with Crippen LogP contribution >= 0.6 is 0 Å². The molecule has 0 unspecified atom stereocenters. The molecule has 0 saturated heterocycles. The van der Waals surface area contributed by atoms with Gasteiger partial charge in [0.05, 0.1) is 6.10 Å². The lowest BCUT2D eigenvalue weighted by atomic mass is 9.76. The summed E-state index contributed by atoms with van der Waals surface area (Å²) in [5.74, 6) is 0.170. The first kappa shape index (κ1) is 14.2. The van der Waals surface area contributed by atoms with E-state index in [1.54, 1.807) is 19.1 Å². The molecule has 0 atom stereocenters. The summed E-state index contributed by atoms with van der Waals surface area (Å²) in [4.78, 5) is 0. The average Bonchev–Trinajstić information content (AvgIpc) is 2.35. The van der Waals surface area contributed by atoms with Crippen LogP contribution in [0.3, 0.4) is 0 Å². The summed E-state index contributed by atoms with van der Waals surface area (Å²) in [7, 11) is 0. The molecule has 1 aromatic rings. The number of halogens is 2. The molecular formula is C14H19F2NO2. The molecule has 0 aromatic heterocycles. The molecule has 3 N–H and O–H groups in total. The molecule has 1 aromatic carbocycles. The van der Waals surface area contributed by atoms with Crippen LogP contribution in [0.15, 0.2) is 18.2 Å². The number of hydrogen-bond donors (Lipinski definition) is 2. The molecule has 19 heavy (non-hydrogen) atoms. The average molecular weight is 271 g/mol. The fourth-order valence-electron chi connectivity index (χ4n) is 2.54. The molecule has 3 nitrogen and oxygen atoms in total. The van der Waals surface area contributed by atoms with Crippen molar-refractivity contribution in [1.82, 2.24) is 0 Å². The van der Waals surface area contributed by atoms with E-state index in [1.807, 2.05) is 6.07 Å². The highest BCUT2D eigenvalue weighted by molar-refractivity contribution is 5.39. The summed E-state index contributed by atoms with van der Waals surface area (Å²) >= 11 is 0. The van der Waals surface area contributed by atoms with Crippen LogP contribution in [-0.4, -0.2) is 17.8 Å². The van der Waals surface area contributed by atoms with Crippen molar-refractivity contribution < 1.29 is 18.6 Å². The van der Waals surface area contributed by atoms with Crippen LogP contribution in [0.1, 0.15) is 36.8 Å². The molecule has 0 bridgehead atoms. The quantitative estimate of drug-likeness (QED) is 0.888. The van der Waals surface area contributed by atoms with Crippen molar-refractivity contribution in [3.63, 3.8) is 0 Å². The molecule has 2 rings (SSSR count). The van der Waals surface area contributed by atoms with Gasteiger partial charge in [-0.25, -0.2) is 0 Å². The Morgan fingerprint density at radius 2 is 2.00 bits per heavy atom. The minimum atomic E-state index is -2.84. The van der Waals surface area contributed by atoms with Gasteiger partial charge in [-0.15, -0.1) is 0 Å². The van der Waals surface area contributed by atoms with Gasteiger partial charge in [-0.1, -0.05) is 12.1 Å². The third-order valence-electron chi connectivity index (χ3n) is 3.83. The predicted molar refractivity (Wildman–Crippen MR) is 68.2 cm³/mol. The largest absolute Gasteiger partial charge is 0.435 e. The molecule has 0 radical (unpaired) electrons. The number of benzene rings is 1. The molecule has 1 aliphatic rings. The van der Waals surface area contributed by atoms with Crippen LogP contribution < -0.4 is 10.5 Å². The number of rotatable bonds is 3. The summed E-state index contributed by atoms with van der Waals surface area (Å²) < 4.78 is 29.2. The molecule has 0 heterocycles. The van der Waals surface area contributed by atoms with Crippen molar-refractivity contribution in [2.75, 3.05) is 0 Å². The van der Waals surface area contributed by atoms with Crippen molar-refractivity contribution in [3.8, 4) is 5.75 Å². The van der Waals surface area contributed by atoms with Crippen LogP contribution in [0.5, 0.6) is 5.75 Å². The first-order valence-electron chi connectivity index (χ1n) is 6.43. The Morgan fingerprint density at radius 1 is 1.37 bits per heavy atom. The molecule has 106 valence electrons. The van der Waals surface area contributed by atoms with Crippen LogP contribution in [0.4, 0.5) is 8.78 Å². The zero-order chi connectivity index (χ0) is 14.0. The smallest absolute Gasteiger partial charge is 0.387 e. The number of hydrogen-bond acceptors (Lipinski definition) is 3. The van der Waals surface area contributed by atoms with Gasteiger partial charge in [-0.05, 0) is 49.8 Å². The first-order chi connectivity index (χ1) is 8.90. The number of alkyl halides is 2. The first-order valence-corrected chi connectivity index (χ1v) is 6.43. The third kappa shape index (κ3) is 3.22. The Balaban J connectivity index is 2.25. The van der Waals surface area contributed by atoms with Gasteiger partial charge in [0.1, 0.15) is 5.75 Å². The number of aliphatic hydroxyl groups is 1. The maximum absolute atomic E-state index is 12.3. The second-order valence-corrected chi connectivity index (χ2v) is 5.25. The monoisotopic (exact) mass is 271 g/mol. The molecule has 0 aliphatic heterocycles. The zero-order valence-corrected chi connectivity index (χ0v) is 10.9. The van der Waals surface area contributed by atoms with E-state index in [9.17, 15) is 13.9 Å². The van der Waals surface area contributed by atoms with E-state index in [0.717, 1.165) is 5.56 Å². The van der Waals surface area contributed by atoms with Crippen LogP contribution in [0.25, 0.3) is 0 Å². The second kappa shape index (κ2) is 5.43. The minimum absolute atomic E-state index is 0.170. The molecule has 0 spiro atoms. The summed E-state index contributed by atoms with van der Waals surface area (Å²) in [6, 6.07) is 5.19. The van der Waals surface area contributed by atoms with Gasteiger partial charge in [-0.3, -0.25) is 0 Å². The number of aryl methyl sites for hydroxylation is 1. The van der Waals surface area contributed by atoms with Gasteiger partial charge in [0.25, 0.3) is 0 Å². The Bertz CT molecular complexity index is 443. The number of aliphatic hydroxyl groups excluding tert-OH is 1. The molecule has 1 saturated carbocycles. The fraction of sp³-hybridized carbons (Fsp3) is 0.571. The van der Waals surface area contributed by atoms with E-state index in [-0.39, 0.29) is 11.9 Å². The van der Waals surface area contributed by atoms with E-state index in [1.165, 1.54) is 0 Å². The standard InChI is InChI=1S/C14H19F2NO2/c1-9-2-3-10(8-12(9)19-13(15)16)14(17)6-4-11(18)5-7-14/h2-3,8,11,13,18H,4-7,17H2,1H3. The maximum Gasteiger partial charge on any atom is 0.387 e. The van der Waals surface area contributed by atoms with Crippen molar-refractivity contribution >= 4 is 0 Å². The SMILES string of the molecule is Cc1ccc(C2(N)CCC(O)CC2)cc1OC(F)F. The molecule has 5 heteroatoms. The molecule has 1 aliphatic carbocycles. The van der Waals surface area contributed by atoms with Crippen LogP contribution in [0, 0.1) is 6.92 Å². The summed E-state index contributed by atoms with van der Waals surface area (Å²) in [6.07, 6.45) is 2.25. The summed E-state index contributed by atoms with van der Waals surface area (Å²) in [6.45, 7) is -1.12.